The summed E-state index contributed by atoms with van der Waals surface area (Å²) < 4.78 is 37.3. The van der Waals surface area contributed by atoms with Crippen LogP contribution in [0.1, 0.15) is 25.0 Å². The van der Waals surface area contributed by atoms with Crippen molar-refractivity contribution in [3.8, 4) is 0 Å². The van der Waals surface area contributed by atoms with Crippen LogP contribution in [0.3, 0.4) is 0 Å². The SMILES string of the molecule is O=C1C(NC2CC2)CCN1c1ccc(C(F)(F)F)nc1. The van der Waals surface area contributed by atoms with Crippen molar-refractivity contribution in [1.29, 1.82) is 0 Å². The van der Waals surface area contributed by atoms with Gasteiger partial charge in [0.1, 0.15) is 5.69 Å². The predicted octanol–water partition coefficient (Wildman–Crippen LogP) is 1.96. The van der Waals surface area contributed by atoms with Crippen LogP contribution in [0.4, 0.5) is 18.9 Å². The highest BCUT2D eigenvalue weighted by atomic mass is 19.4. The van der Waals surface area contributed by atoms with Crippen LogP contribution >= 0.6 is 0 Å². The Morgan fingerprint density at radius 3 is 2.55 bits per heavy atom. The molecular formula is C13H14F3N3O. The van der Waals surface area contributed by atoms with E-state index in [1.165, 1.54) is 11.0 Å². The lowest BCUT2D eigenvalue weighted by Gasteiger charge is -2.17. The summed E-state index contributed by atoms with van der Waals surface area (Å²) in [5.41, 5.74) is -0.524. The number of hydrogen-bond acceptors (Lipinski definition) is 3. The summed E-state index contributed by atoms with van der Waals surface area (Å²) in [4.78, 5) is 17.0. The van der Waals surface area contributed by atoms with Gasteiger partial charge in [0.15, 0.2) is 0 Å². The van der Waals surface area contributed by atoms with E-state index in [4.69, 9.17) is 0 Å². The lowest BCUT2D eigenvalue weighted by Crippen LogP contribution is -2.39. The van der Waals surface area contributed by atoms with Gasteiger partial charge in [-0.3, -0.25) is 4.79 Å². The molecule has 0 spiro atoms. The van der Waals surface area contributed by atoms with E-state index in [2.05, 4.69) is 10.3 Å². The topological polar surface area (TPSA) is 45.2 Å². The number of hydrogen-bond donors (Lipinski definition) is 1. The Bertz CT molecular complexity index is 511. The fourth-order valence-electron chi connectivity index (χ4n) is 2.34. The summed E-state index contributed by atoms with van der Waals surface area (Å²) in [7, 11) is 0. The second-order valence-electron chi connectivity index (χ2n) is 5.17. The van der Waals surface area contributed by atoms with Gasteiger partial charge < -0.3 is 10.2 Å². The highest BCUT2D eigenvalue weighted by molar-refractivity contribution is 5.99. The van der Waals surface area contributed by atoms with Gasteiger partial charge in [0.05, 0.1) is 17.9 Å². The van der Waals surface area contributed by atoms with Gasteiger partial charge in [-0.2, -0.15) is 13.2 Å². The average Bonchev–Trinajstić information content (AvgIpc) is 3.14. The Labute approximate surface area is 114 Å². The summed E-state index contributed by atoms with van der Waals surface area (Å²) in [6.45, 7) is 0.510. The normalized spacial score (nSPS) is 23.4. The standard InChI is InChI=1S/C13H14F3N3O/c14-13(15,16)11-4-3-9(7-17-11)19-6-5-10(12(19)20)18-8-1-2-8/h3-4,7-8,10,18H,1-2,5-6H2. The van der Waals surface area contributed by atoms with E-state index in [9.17, 15) is 18.0 Å². The molecule has 1 N–H and O–H groups in total. The largest absolute Gasteiger partial charge is 0.433 e. The molecule has 0 radical (unpaired) electrons. The van der Waals surface area contributed by atoms with Crippen molar-refractivity contribution in [3.63, 3.8) is 0 Å². The predicted molar refractivity (Wildman–Crippen MR) is 66.2 cm³/mol. The summed E-state index contributed by atoms with van der Waals surface area (Å²) in [5, 5.41) is 3.25. The molecule has 2 heterocycles. The van der Waals surface area contributed by atoms with Crippen molar-refractivity contribution >= 4 is 11.6 Å². The fourth-order valence-corrected chi connectivity index (χ4v) is 2.34. The molecule has 1 amide bonds. The third-order valence-corrected chi connectivity index (χ3v) is 3.57. The first kappa shape index (κ1) is 13.4. The van der Waals surface area contributed by atoms with Gasteiger partial charge in [0.25, 0.3) is 0 Å². The average molecular weight is 285 g/mol. The van der Waals surface area contributed by atoms with Crippen molar-refractivity contribution in [1.82, 2.24) is 10.3 Å². The van der Waals surface area contributed by atoms with E-state index in [-0.39, 0.29) is 11.9 Å². The molecule has 1 aliphatic carbocycles. The minimum Gasteiger partial charge on any atom is -0.309 e. The van der Waals surface area contributed by atoms with E-state index < -0.39 is 11.9 Å². The van der Waals surface area contributed by atoms with Crippen molar-refractivity contribution in [2.24, 2.45) is 0 Å². The lowest BCUT2D eigenvalue weighted by molar-refractivity contribution is -0.141. The highest BCUT2D eigenvalue weighted by Gasteiger charge is 2.37. The maximum Gasteiger partial charge on any atom is 0.433 e. The molecule has 1 aromatic rings. The van der Waals surface area contributed by atoms with E-state index in [1.54, 1.807) is 0 Å². The summed E-state index contributed by atoms with van der Waals surface area (Å²) in [6, 6.07) is 2.41. The molecule has 1 unspecified atom stereocenters. The Hall–Kier alpha value is -1.63. The maximum absolute atomic E-state index is 12.4. The van der Waals surface area contributed by atoms with Crippen LogP contribution in [0.15, 0.2) is 18.3 Å². The minimum atomic E-state index is -4.45. The molecule has 1 aliphatic heterocycles. The second kappa shape index (κ2) is 4.73. The molecule has 0 bridgehead atoms. The van der Waals surface area contributed by atoms with Gasteiger partial charge in [0, 0.05) is 12.6 Å². The number of pyridine rings is 1. The number of carbonyl (C=O) groups is 1. The van der Waals surface area contributed by atoms with Crippen LogP contribution in [0, 0.1) is 0 Å². The number of rotatable bonds is 3. The quantitative estimate of drug-likeness (QED) is 0.923. The molecule has 1 atom stereocenters. The number of nitrogens with one attached hydrogen (secondary N) is 1. The van der Waals surface area contributed by atoms with E-state index in [0.717, 1.165) is 25.1 Å². The molecule has 2 fully saturated rings. The molecule has 1 saturated heterocycles. The van der Waals surface area contributed by atoms with Crippen molar-refractivity contribution in [2.45, 2.75) is 37.5 Å². The van der Waals surface area contributed by atoms with Crippen LogP contribution in [-0.2, 0) is 11.0 Å². The van der Waals surface area contributed by atoms with E-state index in [1.807, 2.05) is 0 Å². The first-order chi connectivity index (χ1) is 9.45. The van der Waals surface area contributed by atoms with Crippen molar-refractivity contribution < 1.29 is 18.0 Å². The summed E-state index contributed by atoms with van der Waals surface area (Å²) in [6.07, 6.45) is -0.489. The van der Waals surface area contributed by atoms with Gasteiger partial charge in [-0.05, 0) is 31.4 Å². The molecule has 0 aromatic carbocycles. The molecule has 7 heteroatoms. The number of halogens is 3. The third-order valence-electron chi connectivity index (χ3n) is 3.57. The zero-order valence-corrected chi connectivity index (χ0v) is 10.7. The molecular weight excluding hydrogens is 271 g/mol. The smallest absolute Gasteiger partial charge is 0.309 e. The summed E-state index contributed by atoms with van der Waals surface area (Å²) >= 11 is 0. The zero-order valence-electron chi connectivity index (χ0n) is 10.7. The monoisotopic (exact) mass is 285 g/mol. The van der Waals surface area contributed by atoms with Crippen molar-refractivity contribution in [3.05, 3.63) is 24.0 Å². The third kappa shape index (κ3) is 2.63. The number of amides is 1. The van der Waals surface area contributed by atoms with E-state index in [0.29, 0.717) is 24.7 Å². The molecule has 1 aromatic heterocycles. The van der Waals surface area contributed by atoms with Gasteiger partial charge in [0.2, 0.25) is 5.91 Å². The molecule has 20 heavy (non-hydrogen) atoms. The fraction of sp³-hybridized carbons (Fsp3) is 0.538. The number of aromatic nitrogens is 1. The van der Waals surface area contributed by atoms with E-state index >= 15 is 0 Å². The van der Waals surface area contributed by atoms with Crippen LogP contribution < -0.4 is 10.2 Å². The molecule has 4 nitrogen and oxygen atoms in total. The summed E-state index contributed by atoms with van der Waals surface area (Å²) in [5.74, 6) is -0.0848. The van der Waals surface area contributed by atoms with Crippen LogP contribution in [0.5, 0.6) is 0 Å². The Balaban J connectivity index is 1.71. The number of anilines is 1. The second-order valence-corrected chi connectivity index (χ2v) is 5.17. The minimum absolute atomic E-state index is 0.0848. The van der Waals surface area contributed by atoms with Gasteiger partial charge in [-0.25, -0.2) is 4.98 Å². The number of carbonyl (C=O) groups excluding carboxylic acids is 1. The zero-order chi connectivity index (χ0) is 14.3. The van der Waals surface area contributed by atoms with Crippen molar-refractivity contribution in [2.75, 3.05) is 11.4 Å². The number of alkyl halides is 3. The molecule has 2 aliphatic rings. The lowest BCUT2D eigenvalue weighted by atomic mass is 10.2. The first-order valence-electron chi connectivity index (χ1n) is 6.56. The molecule has 3 rings (SSSR count). The maximum atomic E-state index is 12.4. The Morgan fingerprint density at radius 1 is 1.25 bits per heavy atom. The van der Waals surface area contributed by atoms with Gasteiger partial charge in [-0.15, -0.1) is 0 Å². The Morgan fingerprint density at radius 2 is 2.00 bits per heavy atom. The number of nitrogens with zero attached hydrogens (tertiary/aromatic N) is 2. The van der Waals surface area contributed by atoms with Crippen LogP contribution in [0.2, 0.25) is 0 Å². The highest BCUT2D eigenvalue weighted by Crippen LogP contribution is 2.30. The molecule has 1 saturated carbocycles. The van der Waals surface area contributed by atoms with Crippen LogP contribution in [-0.4, -0.2) is 29.5 Å². The van der Waals surface area contributed by atoms with Crippen LogP contribution in [0.25, 0.3) is 0 Å². The van der Waals surface area contributed by atoms with Gasteiger partial charge >= 0.3 is 6.18 Å². The first-order valence-corrected chi connectivity index (χ1v) is 6.56. The molecule has 108 valence electrons. The van der Waals surface area contributed by atoms with Gasteiger partial charge in [-0.1, -0.05) is 0 Å². The Kier molecular flexibility index (Phi) is 3.16.